The van der Waals surface area contributed by atoms with Crippen LogP contribution in [-0.4, -0.2) is 18.0 Å². The van der Waals surface area contributed by atoms with Crippen molar-refractivity contribution >= 4 is 28.8 Å². The Kier molecular flexibility index (Phi) is 7.85. The Morgan fingerprint density at radius 1 is 0.462 bits per heavy atom. The van der Waals surface area contributed by atoms with Crippen molar-refractivity contribution in [3.63, 3.8) is 0 Å². The zero-order valence-electron chi connectivity index (χ0n) is 28.1. The lowest BCUT2D eigenvalue weighted by Crippen LogP contribution is -2.76. The van der Waals surface area contributed by atoms with Crippen LogP contribution in [0.2, 0.25) is 0 Å². The Morgan fingerprint density at radius 2 is 0.981 bits per heavy atom. The molecule has 52 heavy (non-hydrogen) atoms. The van der Waals surface area contributed by atoms with Gasteiger partial charge in [-0.1, -0.05) is 158 Å². The third-order valence-corrected chi connectivity index (χ3v) is 14.7. The predicted octanol–water partition coefficient (Wildman–Crippen LogP) is 8.50. The quantitative estimate of drug-likeness (QED) is 0.165. The molecule has 0 radical (unpaired) electrons. The molecule has 0 saturated heterocycles. The largest absolute Gasteiger partial charge is 0.457 e. The van der Waals surface area contributed by atoms with Crippen molar-refractivity contribution < 1.29 is 4.74 Å². The van der Waals surface area contributed by atoms with Gasteiger partial charge in [-0.3, -0.25) is 0 Å². The van der Waals surface area contributed by atoms with Crippen LogP contribution >= 0.6 is 0 Å². The Hall–Kier alpha value is -6.87. The van der Waals surface area contributed by atoms with Gasteiger partial charge in [0.05, 0.1) is 23.0 Å². The SMILES string of the molecule is N#Cc1cc(-c2nc(-c3ccccc3)cc(-c3ccccc3)n2)cc(-c2cccc3c2Oc2ccccc2[Si]3(c2ccccc2)c2ccccc2)c1. The number of rotatable bonds is 6. The minimum atomic E-state index is -2.84. The molecule has 7 aromatic carbocycles. The molecule has 1 aromatic heterocycles. The molecule has 0 aliphatic carbocycles. The lowest BCUT2D eigenvalue weighted by Gasteiger charge is -2.40. The molecule has 0 atom stereocenters. The monoisotopic (exact) mass is 681 g/mol. The van der Waals surface area contributed by atoms with E-state index in [-0.39, 0.29) is 0 Å². The van der Waals surface area contributed by atoms with Gasteiger partial charge in [0.2, 0.25) is 0 Å². The van der Waals surface area contributed by atoms with Gasteiger partial charge >= 0.3 is 0 Å². The predicted molar refractivity (Wildman–Crippen MR) is 212 cm³/mol. The fourth-order valence-electron chi connectivity index (χ4n) is 7.52. The summed E-state index contributed by atoms with van der Waals surface area (Å²) in [5, 5.41) is 15.3. The van der Waals surface area contributed by atoms with E-state index in [1.165, 1.54) is 20.7 Å². The van der Waals surface area contributed by atoms with Crippen molar-refractivity contribution in [3.8, 4) is 62.6 Å². The molecule has 1 aliphatic heterocycles. The third kappa shape index (κ3) is 5.30. The van der Waals surface area contributed by atoms with E-state index < -0.39 is 8.07 Å². The highest BCUT2D eigenvalue weighted by atomic mass is 28.3. The van der Waals surface area contributed by atoms with Crippen LogP contribution in [0.5, 0.6) is 11.5 Å². The van der Waals surface area contributed by atoms with Crippen LogP contribution in [0.1, 0.15) is 5.56 Å². The number of fused-ring (bicyclic) bond motifs is 2. The molecule has 4 nitrogen and oxygen atoms in total. The van der Waals surface area contributed by atoms with Gasteiger partial charge in [-0.2, -0.15) is 5.26 Å². The number of nitrogens with zero attached hydrogens (tertiary/aromatic N) is 3. The van der Waals surface area contributed by atoms with E-state index in [2.05, 4.69) is 133 Å². The standard InChI is InChI=1S/C47H31N3OSi/c48-32-33-28-36(30-37(29-33)47-49-41(34-16-5-1-6-17-34)31-42(50-47)35-18-7-2-8-19-35)40-24-15-27-45-46(40)51-43-25-13-14-26-44(43)52(45,38-20-9-3-10-21-38)39-22-11-4-12-23-39/h1-31H. The van der Waals surface area contributed by atoms with Crippen molar-refractivity contribution in [3.05, 3.63) is 194 Å². The summed E-state index contributed by atoms with van der Waals surface area (Å²) in [6.07, 6.45) is 0. The van der Waals surface area contributed by atoms with E-state index in [9.17, 15) is 5.26 Å². The molecule has 244 valence electrons. The minimum absolute atomic E-state index is 0.519. The average molecular weight is 682 g/mol. The summed E-state index contributed by atoms with van der Waals surface area (Å²) < 4.78 is 6.95. The van der Waals surface area contributed by atoms with Gasteiger partial charge in [0.25, 0.3) is 0 Å². The maximum atomic E-state index is 10.4. The molecule has 2 heterocycles. The number of benzene rings is 7. The molecule has 0 spiro atoms. The van der Waals surface area contributed by atoms with Crippen LogP contribution in [0.4, 0.5) is 0 Å². The van der Waals surface area contributed by atoms with Gasteiger partial charge in [-0.05, 0) is 56.6 Å². The molecule has 0 fully saturated rings. The lowest BCUT2D eigenvalue weighted by molar-refractivity contribution is 0.489. The van der Waals surface area contributed by atoms with Crippen molar-refractivity contribution in [2.75, 3.05) is 0 Å². The number of nitriles is 1. The highest BCUT2D eigenvalue weighted by Crippen LogP contribution is 2.39. The van der Waals surface area contributed by atoms with Gasteiger partial charge < -0.3 is 4.74 Å². The Balaban J connectivity index is 1.28. The van der Waals surface area contributed by atoms with Crippen LogP contribution in [0.15, 0.2) is 188 Å². The van der Waals surface area contributed by atoms with Gasteiger partial charge in [0.15, 0.2) is 13.9 Å². The molecule has 9 rings (SSSR count). The summed E-state index contributed by atoms with van der Waals surface area (Å²) in [5.74, 6) is 2.21. The third-order valence-electron chi connectivity index (χ3n) is 9.83. The van der Waals surface area contributed by atoms with E-state index in [0.717, 1.165) is 50.7 Å². The Morgan fingerprint density at radius 3 is 1.58 bits per heavy atom. The van der Waals surface area contributed by atoms with Gasteiger partial charge in [0.1, 0.15) is 11.5 Å². The number of aromatic nitrogens is 2. The fraction of sp³-hybridized carbons (Fsp3) is 0. The Labute approximate surface area is 304 Å². The number of para-hydroxylation sites is 2. The zero-order valence-corrected chi connectivity index (χ0v) is 29.1. The van der Waals surface area contributed by atoms with Crippen LogP contribution in [0.3, 0.4) is 0 Å². The van der Waals surface area contributed by atoms with E-state index in [4.69, 9.17) is 14.7 Å². The first-order chi connectivity index (χ1) is 25.7. The molecule has 8 aromatic rings. The summed E-state index contributed by atoms with van der Waals surface area (Å²) in [4.78, 5) is 10.2. The maximum absolute atomic E-state index is 10.4. The molecule has 0 bridgehead atoms. The summed E-state index contributed by atoms with van der Waals surface area (Å²) in [6.45, 7) is 0. The van der Waals surface area contributed by atoms with Crippen molar-refractivity contribution in [2.45, 2.75) is 0 Å². The van der Waals surface area contributed by atoms with Gasteiger partial charge in [-0.15, -0.1) is 0 Å². The molecular formula is C47H31N3OSi. The van der Waals surface area contributed by atoms with Crippen LogP contribution in [-0.2, 0) is 0 Å². The highest BCUT2D eigenvalue weighted by Gasteiger charge is 2.48. The summed E-state index contributed by atoms with van der Waals surface area (Å²) in [5.41, 5.74) is 6.66. The molecule has 1 aliphatic rings. The fourth-order valence-corrected chi connectivity index (χ4v) is 12.5. The van der Waals surface area contributed by atoms with Gasteiger partial charge in [-0.25, -0.2) is 9.97 Å². The number of ether oxygens (including phenoxy) is 1. The van der Waals surface area contributed by atoms with Gasteiger partial charge in [0, 0.05) is 22.3 Å². The normalized spacial score (nSPS) is 12.5. The molecule has 0 unspecified atom stereocenters. The second kappa shape index (κ2) is 13.1. The van der Waals surface area contributed by atoms with Crippen LogP contribution in [0, 0.1) is 11.3 Å². The minimum Gasteiger partial charge on any atom is -0.457 e. The molecule has 0 amide bonds. The summed E-state index contributed by atoms with van der Waals surface area (Å²) in [6, 6.07) is 67.2. The smallest absolute Gasteiger partial charge is 0.188 e. The number of hydrogen-bond acceptors (Lipinski definition) is 4. The highest BCUT2D eigenvalue weighted by molar-refractivity contribution is 7.20. The van der Waals surface area contributed by atoms with Crippen molar-refractivity contribution in [2.24, 2.45) is 0 Å². The summed E-state index contributed by atoms with van der Waals surface area (Å²) in [7, 11) is -2.84. The molecular weight excluding hydrogens is 651 g/mol. The zero-order chi connectivity index (χ0) is 34.9. The Bertz CT molecular complexity index is 2510. The van der Waals surface area contributed by atoms with Crippen LogP contribution < -0.4 is 25.5 Å². The lowest BCUT2D eigenvalue weighted by atomic mass is 9.98. The summed E-state index contributed by atoms with van der Waals surface area (Å²) >= 11 is 0. The second-order valence-electron chi connectivity index (χ2n) is 12.9. The average Bonchev–Trinajstić information content (AvgIpc) is 3.23. The van der Waals surface area contributed by atoms with E-state index in [1.807, 2.05) is 60.7 Å². The maximum Gasteiger partial charge on any atom is 0.188 e. The first-order valence-corrected chi connectivity index (χ1v) is 19.3. The van der Waals surface area contributed by atoms with Crippen LogP contribution in [0.25, 0.3) is 45.0 Å². The second-order valence-corrected chi connectivity index (χ2v) is 16.6. The first kappa shape index (κ1) is 31.1. The molecule has 0 N–H and O–H groups in total. The molecule has 5 heteroatoms. The van der Waals surface area contributed by atoms with E-state index in [0.29, 0.717) is 11.4 Å². The van der Waals surface area contributed by atoms with E-state index in [1.54, 1.807) is 0 Å². The van der Waals surface area contributed by atoms with E-state index >= 15 is 0 Å². The van der Waals surface area contributed by atoms with Crippen molar-refractivity contribution in [1.82, 2.24) is 9.97 Å². The topological polar surface area (TPSA) is 58.8 Å². The number of hydrogen-bond donors (Lipinski definition) is 0. The van der Waals surface area contributed by atoms with Crippen molar-refractivity contribution in [1.29, 1.82) is 5.26 Å². The molecule has 0 saturated carbocycles. The first-order valence-electron chi connectivity index (χ1n) is 17.3.